The molecule has 100 valence electrons. The van der Waals surface area contributed by atoms with Gasteiger partial charge in [0.1, 0.15) is 17.3 Å². The molecule has 0 aliphatic carbocycles. The van der Waals surface area contributed by atoms with Crippen LogP contribution in [0.5, 0.6) is 0 Å². The van der Waals surface area contributed by atoms with Gasteiger partial charge in [-0.1, -0.05) is 17.7 Å². The Morgan fingerprint density at radius 3 is 2.70 bits per heavy atom. The lowest BCUT2D eigenvalue weighted by atomic mass is 10.1. The molecule has 2 aromatic rings. The molecule has 0 heterocycles. The molecule has 6 nitrogen and oxygen atoms in total. The lowest BCUT2D eigenvalue weighted by Crippen LogP contribution is -2.00. The summed E-state index contributed by atoms with van der Waals surface area (Å²) in [4.78, 5) is 10.5. The van der Waals surface area contributed by atoms with Crippen molar-refractivity contribution in [3.63, 3.8) is 0 Å². The number of halogens is 1. The summed E-state index contributed by atoms with van der Waals surface area (Å²) in [5.74, 6) is 0. The van der Waals surface area contributed by atoms with E-state index in [9.17, 15) is 10.1 Å². The molecule has 0 amide bonds. The van der Waals surface area contributed by atoms with Crippen molar-refractivity contribution in [3.8, 4) is 6.07 Å². The normalized spacial score (nSPS) is 9.80. The Morgan fingerprint density at radius 1 is 1.30 bits per heavy atom. The van der Waals surface area contributed by atoms with E-state index in [1.165, 1.54) is 12.1 Å². The fourth-order valence-electron chi connectivity index (χ4n) is 1.72. The van der Waals surface area contributed by atoms with Gasteiger partial charge in [-0.25, -0.2) is 0 Å². The molecule has 0 atom stereocenters. The molecule has 2 rings (SSSR count). The van der Waals surface area contributed by atoms with Crippen LogP contribution in [-0.2, 0) is 0 Å². The van der Waals surface area contributed by atoms with E-state index in [4.69, 9.17) is 22.6 Å². The van der Waals surface area contributed by atoms with Crippen molar-refractivity contribution >= 4 is 34.4 Å². The summed E-state index contributed by atoms with van der Waals surface area (Å²) in [6, 6.07) is 11.0. The molecule has 0 unspecified atom stereocenters. The second-order valence-corrected chi connectivity index (χ2v) is 4.34. The highest BCUT2D eigenvalue weighted by Gasteiger charge is 2.20. The van der Waals surface area contributed by atoms with Gasteiger partial charge in [-0.15, -0.1) is 0 Å². The third kappa shape index (κ3) is 2.63. The highest BCUT2D eigenvalue weighted by atomic mass is 35.5. The molecular weight excluding hydrogens is 280 g/mol. The number of hydrogen-bond acceptors (Lipinski definition) is 5. The molecule has 0 radical (unpaired) electrons. The number of rotatable bonds is 3. The van der Waals surface area contributed by atoms with Crippen molar-refractivity contribution in [2.24, 2.45) is 0 Å². The average Bonchev–Trinajstić information content (AvgIpc) is 2.42. The number of nitrogens with zero attached hydrogens (tertiary/aromatic N) is 2. The molecule has 0 spiro atoms. The molecule has 0 aromatic heterocycles. The maximum absolute atomic E-state index is 11.1. The van der Waals surface area contributed by atoms with E-state index in [1.807, 2.05) is 0 Å². The Bertz CT molecular complexity index is 725. The van der Waals surface area contributed by atoms with E-state index in [1.54, 1.807) is 30.3 Å². The number of benzene rings is 2. The number of nitro benzene ring substituents is 1. The zero-order valence-electron chi connectivity index (χ0n) is 10.1. The summed E-state index contributed by atoms with van der Waals surface area (Å²) in [7, 11) is 0. The first-order valence-corrected chi connectivity index (χ1v) is 5.90. The van der Waals surface area contributed by atoms with Gasteiger partial charge in [0.2, 0.25) is 0 Å². The van der Waals surface area contributed by atoms with E-state index in [2.05, 4.69) is 5.32 Å². The maximum atomic E-state index is 11.1. The smallest absolute Gasteiger partial charge is 0.310 e. The number of anilines is 3. The minimum absolute atomic E-state index is 0.0278. The van der Waals surface area contributed by atoms with Crippen molar-refractivity contribution in [2.45, 2.75) is 0 Å². The van der Waals surface area contributed by atoms with Crippen LogP contribution in [0.25, 0.3) is 0 Å². The fourth-order valence-corrected chi connectivity index (χ4v) is 1.88. The van der Waals surface area contributed by atoms with Gasteiger partial charge in [0.15, 0.2) is 0 Å². The summed E-state index contributed by atoms with van der Waals surface area (Å²) in [6.07, 6.45) is 0. The highest BCUT2D eigenvalue weighted by molar-refractivity contribution is 6.33. The minimum atomic E-state index is -0.610. The van der Waals surface area contributed by atoms with Crippen molar-refractivity contribution in [1.29, 1.82) is 5.26 Å². The molecule has 20 heavy (non-hydrogen) atoms. The van der Waals surface area contributed by atoms with Gasteiger partial charge in [-0.2, -0.15) is 5.26 Å². The predicted octanol–water partition coefficient (Wildman–Crippen LogP) is 3.45. The molecule has 7 heteroatoms. The molecule has 0 saturated heterocycles. The van der Waals surface area contributed by atoms with Crippen LogP contribution in [-0.4, -0.2) is 4.92 Å². The lowest BCUT2D eigenvalue weighted by molar-refractivity contribution is -0.384. The summed E-state index contributed by atoms with van der Waals surface area (Å²) >= 11 is 6.00. The van der Waals surface area contributed by atoms with Crippen molar-refractivity contribution in [2.75, 3.05) is 11.1 Å². The van der Waals surface area contributed by atoms with Gasteiger partial charge in [-0.05, 0) is 30.3 Å². The summed E-state index contributed by atoms with van der Waals surface area (Å²) in [5.41, 5.74) is 6.41. The Labute approximate surface area is 119 Å². The topological polar surface area (TPSA) is 105 Å². The monoisotopic (exact) mass is 288 g/mol. The van der Waals surface area contributed by atoms with Crippen LogP contribution in [0, 0.1) is 21.4 Å². The number of nitro groups is 1. The second-order valence-electron chi connectivity index (χ2n) is 3.93. The Kier molecular flexibility index (Phi) is 3.73. The SMILES string of the molecule is N#Cc1cccc(Nc2cc(N)ccc2Cl)c1[N+](=O)[O-]. The van der Waals surface area contributed by atoms with E-state index in [-0.39, 0.29) is 16.9 Å². The van der Waals surface area contributed by atoms with Gasteiger partial charge >= 0.3 is 5.69 Å². The van der Waals surface area contributed by atoms with E-state index in [0.29, 0.717) is 16.4 Å². The Hall–Kier alpha value is -2.78. The zero-order chi connectivity index (χ0) is 14.7. The van der Waals surface area contributed by atoms with E-state index in [0.717, 1.165) is 0 Å². The quantitative estimate of drug-likeness (QED) is 0.511. The fraction of sp³-hybridized carbons (Fsp3) is 0. The van der Waals surface area contributed by atoms with Gasteiger partial charge in [0.25, 0.3) is 0 Å². The number of hydrogen-bond donors (Lipinski definition) is 2. The molecule has 0 fully saturated rings. The molecule has 0 aliphatic rings. The van der Waals surface area contributed by atoms with E-state index < -0.39 is 4.92 Å². The molecule has 0 aliphatic heterocycles. The lowest BCUT2D eigenvalue weighted by Gasteiger charge is -2.10. The Morgan fingerprint density at radius 2 is 2.05 bits per heavy atom. The highest BCUT2D eigenvalue weighted by Crippen LogP contribution is 2.33. The van der Waals surface area contributed by atoms with Crippen LogP contribution in [0.4, 0.5) is 22.7 Å². The standard InChI is InChI=1S/C13H9ClN4O2/c14-10-5-4-9(16)6-12(10)17-11-3-1-2-8(7-15)13(11)18(19)20/h1-6,17H,16H2. The largest absolute Gasteiger partial charge is 0.399 e. The van der Waals surface area contributed by atoms with Crippen LogP contribution in [0.1, 0.15) is 5.56 Å². The average molecular weight is 289 g/mol. The maximum Gasteiger partial charge on any atom is 0.310 e. The number of nitrogens with two attached hydrogens (primary N) is 1. The summed E-state index contributed by atoms with van der Waals surface area (Å²) < 4.78 is 0. The van der Waals surface area contributed by atoms with Crippen LogP contribution in [0.2, 0.25) is 5.02 Å². The molecule has 3 N–H and O–H groups in total. The van der Waals surface area contributed by atoms with Gasteiger partial charge < -0.3 is 11.1 Å². The minimum Gasteiger partial charge on any atom is -0.399 e. The first-order valence-electron chi connectivity index (χ1n) is 5.52. The first kappa shape index (κ1) is 13.6. The number of para-hydroxylation sites is 1. The van der Waals surface area contributed by atoms with Crippen molar-refractivity contribution in [3.05, 3.63) is 57.1 Å². The van der Waals surface area contributed by atoms with Gasteiger partial charge in [0, 0.05) is 5.69 Å². The van der Waals surface area contributed by atoms with E-state index >= 15 is 0 Å². The van der Waals surface area contributed by atoms with Crippen LogP contribution >= 0.6 is 11.6 Å². The molecule has 0 saturated carbocycles. The Balaban J connectivity index is 2.52. The molecular formula is C13H9ClN4O2. The predicted molar refractivity (Wildman–Crippen MR) is 77.0 cm³/mol. The molecule has 2 aromatic carbocycles. The van der Waals surface area contributed by atoms with Crippen molar-refractivity contribution < 1.29 is 4.92 Å². The van der Waals surface area contributed by atoms with Crippen LogP contribution in [0.3, 0.4) is 0 Å². The summed E-state index contributed by atoms with van der Waals surface area (Å²) in [5, 5.41) is 23.2. The van der Waals surface area contributed by atoms with Gasteiger partial charge in [-0.3, -0.25) is 10.1 Å². The van der Waals surface area contributed by atoms with Crippen LogP contribution < -0.4 is 11.1 Å². The molecule has 0 bridgehead atoms. The number of nitrogens with one attached hydrogen (secondary N) is 1. The number of nitrogen functional groups attached to an aromatic ring is 1. The number of nitriles is 1. The van der Waals surface area contributed by atoms with Crippen molar-refractivity contribution in [1.82, 2.24) is 0 Å². The second kappa shape index (κ2) is 5.47. The zero-order valence-corrected chi connectivity index (χ0v) is 10.9. The third-order valence-electron chi connectivity index (χ3n) is 2.60. The van der Waals surface area contributed by atoms with Crippen LogP contribution in [0.15, 0.2) is 36.4 Å². The van der Waals surface area contributed by atoms with Gasteiger partial charge in [0.05, 0.1) is 15.6 Å². The first-order chi connectivity index (χ1) is 9.52. The summed E-state index contributed by atoms with van der Waals surface area (Å²) in [6.45, 7) is 0. The third-order valence-corrected chi connectivity index (χ3v) is 2.93.